The molecule has 0 spiro atoms. The maximum atomic E-state index is 11.2. The normalized spacial score (nSPS) is 12.3. The maximum absolute atomic E-state index is 11.2. The van der Waals surface area contributed by atoms with Gasteiger partial charge in [0.15, 0.2) is 0 Å². The highest BCUT2D eigenvalue weighted by molar-refractivity contribution is 6.33. The molecule has 26 heavy (non-hydrogen) atoms. The summed E-state index contributed by atoms with van der Waals surface area (Å²) in [6, 6.07) is 8.58. The van der Waals surface area contributed by atoms with Crippen LogP contribution in [0.4, 0.5) is 5.69 Å². The first-order valence-electron chi connectivity index (χ1n) is 8.30. The lowest BCUT2D eigenvalue weighted by Gasteiger charge is -2.28. The van der Waals surface area contributed by atoms with E-state index in [1.165, 1.54) is 6.07 Å². The smallest absolute Gasteiger partial charge is 0.288 e. The first-order valence-corrected chi connectivity index (χ1v) is 9.06. The molecule has 2 aromatic carbocycles. The van der Waals surface area contributed by atoms with Gasteiger partial charge in [0.1, 0.15) is 10.8 Å². The van der Waals surface area contributed by atoms with Gasteiger partial charge in [-0.3, -0.25) is 10.1 Å². The highest BCUT2D eigenvalue weighted by Crippen LogP contribution is 2.42. The number of benzene rings is 2. The summed E-state index contributed by atoms with van der Waals surface area (Å²) in [7, 11) is 0. The molecule has 0 aliphatic rings. The molecule has 0 unspecified atom stereocenters. The molecular formula is C20H23Cl2NO3. The summed E-state index contributed by atoms with van der Waals surface area (Å²) in [5.41, 5.74) is 1.35. The van der Waals surface area contributed by atoms with E-state index in [9.17, 15) is 15.2 Å². The van der Waals surface area contributed by atoms with Crippen molar-refractivity contribution in [3.05, 3.63) is 67.2 Å². The van der Waals surface area contributed by atoms with E-state index in [0.717, 1.165) is 11.1 Å². The molecule has 4 nitrogen and oxygen atoms in total. The van der Waals surface area contributed by atoms with Crippen molar-refractivity contribution in [1.29, 1.82) is 0 Å². The maximum Gasteiger partial charge on any atom is 0.288 e. The number of nitro groups is 1. The average molecular weight is 396 g/mol. The number of aromatic hydroxyl groups is 1. The zero-order valence-electron chi connectivity index (χ0n) is 15.6. The predicted octanol–water partition coefficient (Wildman–Crippen LogP) is 6.43. The first kappa shape index (κ1) is 20.5. The first-order chi connectivity index (χ1) is 11.9. The van der Waals surface area contributed by atoms with Gasteiger partial charge in [0.2, 0.25) is 0 Å². The number of phenols is 1. The summed E-state index contributed by atoms with van der Waals surface area (Å²) in [5, 5.41) is 22.1. The Morgan fingerprint density at radius 2 is 1.62 bits per heavy atom. The van der Waals surface area contributed by atoms with Crippen molar-refractivity contribution >= 4 is 28.9 Å². The predicted molar refractivity (Wildman–Crippen MR) is 107 cm³/mol. The van der Waals surface area contributed by atoms with Gasteiger partial charge in [0.25, 0.3) is 5.69 Å². The Morgan fingerprint density at radius 3 is 2.15 bits per heavy atom. The van der Waals surface area contributed by atoms with Crippen LogP contribution >= 0.6 is 23.2 Å². The second-order valence-electron chi connectivity index (χ2n) is 8.14. The summed E-state index contributed by atoms with van der Waals surface area (Å²) >= 11 is 12.7. The molecular weight excluding hydrogens is 373 g/mol. The molecule has 0 amide bonds. The molecule has 0 atom stereocenters. The molecule has 2 rings (SSSR count). The standard InChI is InChI=1S/C20H23Cl2NO3/c1-19(2,3)14-10-9-12(16(21)18(14)24)11-20(4,5)13-7-6-8-15(17(13)22)23(25)26/h6-10,24H,11H2,1-5H3. The fraction of sp³-hybridized carbons (Fsp3) is 0.400. The quantitative estimate of drug-likeness (QED) is 0.479. The molecule has 0 saturated carbocycles. The van der Waals surface area contributed by atoms with Crippen LogP contribution < -0.4 is 0 Å². The van der Waals surface area contributed by atoms with Crippen LogP contribution in [-0.2, 0) is 17.3 Å². The van der Waals surface area contributed by atoms with Crippen molar-refractivity contribution in [2.45, 2.75) is 51.9 Å². The van der Waals surface area contributed by atoms with Gasteiger partial charge in [-0.1, -0.05) is 82.1 Å². The van der Waals surface area contributed by atoms with E-state index in [-0.39, 0.29) is 21.9 Å². The van der Waals surface area contributed by atoms with Gasteiger partial charge >= 0.3 is 0 Å². The van der Waals surface area contributed by atoms with Crippen LogP contribution in [0.3, 0.4) is 0 Å². The van der Waals surface area contributed by atoms with Crippen molar-refractivity contribution in [2.75, 3.05) is 0 Å². The van der Waals surface area contributed by atoms with Gasteiger partial charge in [0, 0.05) is 11.6 Å². The van der Waals surface area contributed by atoms with Crippen molar-refractivity contribution in [2.24, 2.45) is 0 Å². The summed E-state index contributed by atoms with van der Waals surface area (Å²) < 4.78 is 0. The van der Waals surface area contributed by atoms with Crippen molar-refractivity contribution < 1.29 is 10.0 Å². The van der Waals surface area contributed by atoms with Gasteiger partial charge in [-0.25, -0.2) is 0 Å². The lowest BCUT2D eigenvalue weighted by Crippen LogP contribution is -2.22. The molecule has 0 fully saturated rings. The van der Waals surface area contributed by atoms with Gasteiger partial charge in [0.05, 0.1) is 9.95 Å². The third-order valence-electron chi connectivity index (χ3n) is 4.54. The fourth-order valence-corrected chi connectivity index (χ4v) is 3.79. The molecule has 6 heteroatoms. The second-order valence-corrected chi connectivity index (χ2v) is 8.90. The van der Waals surface area contributed by atoms with Crippen molar-refractivity contribution in [1.82, 2.24) is 0 Å². The number of rotatable bonds is 4. The van der Waals surface area contributed by atoms with Crippen LogP contribution in [0.2, 0.25) is 10.0 Å². The largest absolute Gasteiger partial charge is 0.506 e. The molecule has 0 aliphatic carbocycles. The van der Waals surface area contributed by atoms with E-state index >= 15 is 0 Å². The van der Waals surface area contributed by atoms with Crippen LogP contribution in [0.25, 0.3) is 0 Å². The van der Waals surface area contributed by atoms with Crippen molar-refractivity contribution in [3.8, 4) is 5.75 Å². The molecule has 140 valence electrons. The average Bonchev–Trinajstić information content (AvgIpc) is 2.50. The van der Waals surface area contributed by atoms with E-state index < -0.39 is 10.3 Å². The Balaban J connectivity index is 2.47. The molecule has 0 bridgehead atoms. The lowest BCUT2D eigenvalue weighted by molar-refractivity contribution is -0.384. The zero-order valence-corrected chi connectivity index (χ0v) is 17.1. The molecule has 0 saturated heterocycles. The second kappa shape index (κ2) is 7.09. The molecule has 1 N–H and O–H groups in total. The SMILES string of the molecule is CC(C)(C)c1ccc(CC(C)(C)c2cccc([N+](=O)[O-])c2Cl)c(Cl)c1O. The third-order valence-corrected chi connectivity index (χ3v) is 5.36. The third kappa shape index (κ3) is 3.97. The highest BCUT2D eigenvalue weighted by Gasteiger charge is 2.30. The molecule has 0 heterocycles. The molecule has 0 aliphatic heterocycles. The summed E-state index contributed by atoms with van der Waals surface area (Å²) in [4.78, 5) is 10.7. The van der Waals surface area contributed by atoms with Crippen LogP contribution in [-0.4, -0.2) is 10.0 Å². The van der Waals surface area contributed by atoms with E-state index in [2.05, 4.69) is 0 Å². The van der Waals surface area contributed by atoms with Crippen LogP contribution in [0.15, 0.2) is 30.3 Å². The van der Waals surface area contributed by atoms with Gasteiger partial charge in [-0.2, -0.15) is 0 Å². The number of hydrogen-bond donors (Lipinski definition) is 1. The number of hydrogen-bond acceptors (Lipinski definition) is 3. The summed E-state index contributed by atoms with van der Waals surface area (Å²) in [6.07, 6.45) is 0.477. The topological polar surface area (TPSA) is 63.4 Å². The number of nitro benzene ring substituents is 1. The minimum absolute atomic E-state index is 0.0811. The lowest BCUT2D eigenvalue weighted by atomic mass is 9.78. The van der Waals surface area contributed by atoms with Gasteiger partial charge in [-0.15, -0.1) is 0 Å². The Bertz CT molecular complexity index is 855. The van der Waals surface area contributed by atoms with Crippen molar-refractivity contribution in [3.63, 3.8) is 0 Å². The minimum Gasteiger partial charge on any atom is -0.506 e. The van der Waals surface area contributed by atoms with E-state index in [1.807, 2.05) is 46.8 Å². The van der Waals surface area contributed by atoms with Crippen LogP contribution in [0, 0.1) is 10.1 Å². The highest BCUT2D eigenvalue weighted by atomic mass is 35.5. The monoisotopic (exact) mass is 395 g/mol. The number of halogens is 2. The van der Waals surface area contributed by atoms with Gasteiger partial charge < -0.3 is 5.11 Å². The van der Waals surface area contributed by atoms with Gasteiger partial charge in [-0.05, 0) is 28.4 Å². The van der Waals surface area contributed by atoms with E-state index in [1.54, 1.807) is 12.1 Å². The minimum atomic E-state index is -0.511. The van der Waals surface area contributed by atoms with Crippen LogP contribution in [0.1, 0.15) is 51.3 Å². The number of nitrogens with zero attached hydrogens (tertiary/aromatic N) is 1. The summed E-state index contributed by atoms with van der Waals surface area (Å²) in [6.45, 7) is 9.91. The molecule has 0 aromatic heterocycles. The Hall–Kier alpha value is -1.78. The molecule has 2 aromatic rings. The zero-order chi connectivity index (χ0) is 19.9. The Labute approximate surface area is 163 Å². The van der Waals surface area contributed by atoms with E-state index in [0.29, 0.717) is 17.0 Å². The van der Waals surface area contributed by atoms with E-state index in [4.69, 9.17) is 23.2 Å². The van der Waals surface area contributed by atoms with Crippen LogP contribution in [0.5, 0.6) is 5.75 Å². The summed E-state index contributed by atoms with van der Waals surface area (Å²) in [5.74, 6) is 0.0811. The Morgan fingerprint density at radius 1 is 1.00 bits per heavy atom. The Kier molecular flexibility index (Phi) is 5.60. The molecule has 0 radical (unpaired) electrons. The number of phenolic OH excluding ortho intramolecular Hbond substituents is 1. The fourth-order valence-electron chi connectivity index (χ4n) is 3.10.